The number of amides is 2. The predicted octanol–water partition coefficient (Wildman–Crippen LogP) is 3.29. The second-order valence-electron chi connectivity index (χ2n) is 8.36. The summed E-state index contributed by atoms with van der Waals surface area (Å²) in [6.45, 7) is 1.73. The summed E-state index contributed by atoms with van der Waals surface area (Å²) < 4.78 is 10.7. The second-order valence-corrected chi connectivity index (χ2v) is 8.36. The van der Waals surface area contributed by atoms with Crippen LogP contribution in [0.5, 0.6) is 11.5 Å². The number of likely N-dealkylation sites (tertiary alicyclic amines) is 1. The number of rotatable bonds is 9. The van der Waals surface area contributed by atoms with E-state index >= 15 is 0 Å². The Hall–Kier alpha value is -3.02. The highest BCUT2D eigenvalue weighted by atomic mass is 16.5. The lowest BCUT2D eigenvalue weighted by atomic mass is 10.1. The average Bonchev–Trinajstić information content (AvgIpc) is 3.58. The fourth-order valence-corrected chi connectivity index (χ4v) is 4.24. The molecule has 1 unspecified atom stereocenters. The Morgan fingerprint density at radius 1 is 1.03 bits per heavy atom. The predicted molar refractivity (Wildman–Crippen MR) is 118 cm³/mol. The third-order valence-electron chi connectivity index (χ3n) is 6.15. The highest BCUT2D eigenvalue weighted by molar-refractivity contribution is 5.89. The van der Waals surface area contributed by atoms with Gasteiger partial charge in [0.2, 0.25) is 11.8 Å². The van der Waals surface area contributed by atoms with Crippen LogP contribution in [0.15, 0.2) is 48.5 Å². The van der Waals surface area contributed by atoms with Crippen LogP contribution < -0.4 is 9.47 Å². The molecule has 2 amide bonds. The first-order valence-electron chi connectivity index (χ1n) is 10.9. The molecule has 0 bridgehead atoms. The van der Waals surface area contributed by atoms with Crippen molar-refractivity contribution in [2.45, 2.75) is 38.3 Å². The molecule has 2 aromatic rings. The Labute approximate surface area is 183 Å². The van der Waals surface area contributed by atoms with Crippen molar-refractivity contribution in [3.63, 3.8) is 0 Å². The summed E-state index contributed by atoms with van der Waals surface area (Å²) in [5.41, 5.74) is 2.21. The summed E-state index contributed by atoms with van der Waals surface area (Å²) in [7, 11) is 3.23. The van der Waals surface area contributed by atoms with Crippen LogP contribution in [0.3, 0.4) is 0 Å². The van der Waals surface area contributed by atoms with Crippen molar-refractivity contribution < 1.29 is 19.1 Å². The number of carbonyl (C=O) groups is 2. The van der Waals surface area contributed by atoms with Gasteiger partial charge in [0.25, 0.3) is 0 Å². The molecule has 0 N–H and O–H groups in total. The van der Waals surface area contributed by atoms with Crippen molar-refractivity contribution >= 4 is 11.8 Å². The van der Waals surface area contributed by atoms with Crippen LogP contribution in [0.4, 0.5) is 0 Å². The minimum Gasteiger partial charge on any atom is -0.493 e. The number of hydrogen-bond acceptors (Lipinski definition) is 4. The molecule has 6 heteroatoms. The summed E-state index contributed by atoms with van der Waals surface area (Å²) >= 11 is 0. The Bertz CT molecular complexity index is 926. The van der Waals surface area contributed by atoms with Gasteiger partial charge in [-0.2, -0.15) is 0 Å². The average molecular weight is 423 g/mol. The molecular weight excluding hydrogens is 392 g/mol. The SMILES string of the molecule is COc1ccc(CCN2CC(C(=O)N(Cc3ccccc3)C3CC3)CC2=O)cc1OC. The van der Waals surface area contributed by atoms with Crippen molar-refractivity contribution in [1.82, 2.24) is 9.80 Å². The summed E-state index contributed by atoms with van der Waals surface area (Å²) in [4.78, 5) is 29.7. The molecule has 6 nitrogen and oxygen atoms in total. The number of ether oxygens (including phenoxy) is 2. The number of nitrogens with zero attached hydrogens (tertiary/aromatic N) is 2. The molecule has 1 atom stereocenters. The number of hydrogen-bond donors (Lipinski definition) is 0. The summed E-state index contributed by atoms with van der Waals surface area (Å²) in [6.07, 6.45) is 3.14. The van der Waals surface area contributed by atoms with Gasteiger partial charge in [0, 0.05) is 32.1 Å². The maximum Gasteiger partial charge on any atom is 0.228 e. The van der Waals surface area contributed by atoms with Crippen LogP contribution in [0, 0.1) is 5.92 Å². The zero-order chi connectivity index (χ0) is 21.8. The van der Waals surface area contributed by atoms with Crippen molar-refractivity contribution in [2.75, 3.05) is 27.3 Å². The smallest absolute Gasteiger partial charge is 0.228 e. The molecule has 2 aliphatic rings. The van der Waals surface area contributed by atoms with E-state index in [0.717, 1.165) is 24.0 Å². The molecule has 2 fully saturated rings. The molecule has 1 aliphatic carbocycles. The molecule has 4 rings (SSSR count). The van der Waals surface area contributed by atoms with Crippen molar-refractivity contribution in [3.8, 4) is 11.5 Å². The van der Waals surface area contributed by atoms with Gasteiger partial charge in [-0.3, -0.25) is 9.59 Å². The normalized spacial score (nSPS) is 18.2. The van der Waals surface area contributed by atoms with E-state index in [4.69, 9.17) is 9.47 Å². The summed E-state index contributed by atoms with van der Waals surface area (Å²) in [6, 6.07) is 16.2. The van der Waals surface area contributed by atoms with Crippen molar-refractivity contribution in [1.29, 1.82) is 0 Å². The van der Waals surface area contributed by atoms with Crippen molar-refractivity contribution in [3.05, 3.63) is 59.7 Å². The van der Waals surface area contributed by atoms with Crippen LogP contribution in [0.2, 0.25) is 0 Å². The minimum absolute atomic E-state index is 0.0642. The first-order valence-corrected chi connectivity index (χ1v) is 10.9. The molecule has 0 aromatic heterocycles. The maximum absolute atomic E-state index is 13.3. The van der Waals surface area contributed by atoms with Gasteiger partial charge in [-0.05, 0) is 42.5 Å². The van der Waals surface area contributed by atoms with Gasteiger partial charge in [-0.1, -0.05) is 36.4 Å². The molecule has 31 heavy (non-hydrogen) atoms. The Balaban J connectivity index is 1.36. The lowest BCUT2D eigenvalue weighted by molar-refractivity contribution is -0.137. The van der Waals surface area contributed by atoms with Crippen molar-refractivity contribution in [2.24, 2.45) is 5.92 Å². The van der Waals surface area contributed by atoms with E-state index in [0.29, 0.717) is 50.0 Å². The lowest BCUT2D eigenvalue weighted by Gasteiger charge is -2.26. The Kier molecular flexibility index (Phi) is 6.44. The molecule has 1 saturated heterocycles. The topological polar surface area (TPSA) is 59.1 Å². The first kappa shape index (κ1) is 21.2. The van der Waals surface area contributed by atoms with Gasteiger partial charge in [0.15, 0.2) is 11.5 Å². The molecule has 1 heterocycles. The Morgan fingerprint density at radius 3 is 2.45 bits per heavy atom. The number of benzene rings is 2. The number of carbonyl (C=O) groups excluding carboxylic acids is 2. The molecule has 2 aromatic carbocycles. The standard InChI is InChI=1S/C25H30N2O4/c1-30-22-11-8-18(14-23(22)31-2)12-13-26-17-20(15-24(26)28)25(29)27(21-9-10-21)16-19-6-4-3-5-7-19/h3-8,11,14,20-21H,9-10,12-13,15-17H2,1-2H3. The van der Waals surface area contributed by atoms with E-state index in [1.807, 2.05) is 46.2 Å². The zero-order valence-corrected chi connectivity index (χ0v) is 18.3. The summed E-state index contributed by atoms with van der Waals surface area (Å²) in [5, 5.41) is 0. The van der Waals surface area contributed by atoms with Crippen LogP contribution in [-0.2, 0) is 22.6 Å². The zero-order valence-electron chi connectivity index (χ0n) is 18.3. The number of methoxy groups -OCH3 is 2. The molecule has 1 aliphatic heterocycles. The van der Waals surface area contributed by atoms with Gasteiger partial charge in [-0.25, -0.2) is 0 Å². The second kappa shape index (κ2) is 9.41. The van der Waals surface area contributed by atoms with Gasteiger partial charge >= 0.3 is 0 Å². The minimum atomic E-state index is -0.248. The molecule has 164 valence electrons. The quantitative estimate of drug-likeness (QED) is 0.622. The van der Waals surface area contributed by atoms with Crippen LogP contribution in [0.1, 0.15) is 30.4 Å². The first-order chi connectivity index (χ1) is 15.1. The third kappa shape index (κ3) is 5.01. The van der Waals surface area contributed by atoms with E-state index in [2.05, 4.69) is 12.1 Å². The molecule has 0 spiro atoms. The van der Waals surface area contributed by atoms with Gasteiger partial charge in [0.05, 0.1) is 20.1 Å². The monoisotopic (exact) mass is 422 g/mol. The molecule has 0 radical (unpaired) electrons. The Morgan fingerprint density at radius 2 is 1.77 bits per heavy atom. The lowest BCUT2D eigenvalue weighted by Crippen LogP contribution is -2.38. The summed E-state index contributed by atoms with van der Waals surface area (Å²) in [5.74, 6) is 1.30. The highest BCUT2D eigenvalue weighted by Crippen LogP contribution is 2.32. The van der Waals surface area contributed by atoms with E-state index in [9.17, 15) is 9.59 Å². The van der Waals surface area contributed by atoms with Gasteiger partial charge in [0.1, 0.15) is 0 Å². The third-order valence-corrected chi connectivity index (χ3v) is 6.15. The largest absolute Gasteiger partial charge is 0.493 e. The van der Waals surface area contributed by atoms with Crippen LogP contribution in [0.25, 0.3) is 0 Å². The highest BCUT2D eigenvalue weighted by Gasteiger charge is 2.40. The van der Waals surface area contributed by atoms with E-state index in [1.165, 1.54) is 0 Å². The van der Waals surface area contributed by atoms with Crippen LogP contribution >= 0.6 is 0 Å². The molecular formula is C25H30N2O4. The fourth-order valence-electron chi connectivity index (χ4n) is 4.24. The molecule has 1 saturated carbocycles. The van der Waals surface area contributed by atoms with Gasteiger partial charge in [-0.15, -0.1) is 0 Å². The van der Waals surface area contributed by atoms with E-state index in [1.54, 1.807) is 14.2 Å². The van der Waals surface area contributed by atoms with Gasteiger partial charge < -0.3 is 19.3 Å². The fraction of sp³-hybridized carbons (Fsp3) is 0.440. The maximum atomic E-state index is 13.3. The van der Waals surface area contributed by atoms with E-state index < -0.39 is 0 Å². The van der Waals surface area contributed by atoms with E-state index in [-0.39, 0.29) is 17.7 Å². The van der Waals surface area contributed by atoms with Crippen LogP contribution in [-0.4, -0.2) is 55.0 Å².